The molecule has 1 aliphatic rings. The number of hydrogen-bond donors (Lipinski definition) is 1. The first-order chi connectivity index (χ1) is 8.99. The first-order valence-electron chi connectivity index (χ1n) is 6.27. The molecule has 1 N–H and O–H groups in total. The fourth-order valence-electron chi connectivity index (χ4n) is 2.36. The molecule has 102 valence electrons. The molecule has 2 atom stereocenters. The molecule has 0 aliphatic carbocycles. The van der Waals surface area contributed by atoms with Gasteiger partial charge < -0.3 is 10.0 Å². The van der Waals surface area contributed by atoms with Gasteiger partial charge in [0, 0.05) is 22.4 Å². The minimum atomic E-state index is -0.918. The van der Waals surface area contributed by atoms with Crippen molar-refractivity contribution in [3.63, 3.8) is 0 Å². The van der Waals surface area contributed by atoms with Gasteiger partial charge in [-0.3, -0.25) is 4.79 Å². The summed E-state index contributed by atoms with van der Waals surface area (Å²) in [4.78, 5) is 26.9. The molecule has 1 aromatic rings. The van der Waals surface area contributed by atoms with Gasteiger partial charge in [-0.1, -0.05) is 6.92 Å². The normalized spacial score (nSPS) is 23.2. The molecule has 5 heteroatoms. The van der Waals surface area contributed by atoms with Crippen molar-refractivity contribution in [2.75, 3.05) is 6.54 Å². The number of aryl methyl sites for hydroxylation is 1. The van der Waals surface area contributed by atoms with Crippen LogP contribution in [0.2, 0.25) is 0 Å². The number of nitrogens with zero attached hydrogens (tertiary/aromatic N) is 1. The van der Waals surface area contributed by atoms with Crippen LogP contribution in [0.5, 0.6) is 0 Å². The molecule has 0 aromatic carbocycles. The van der Waals surface area contributed by atoms with E-state index in [1.165, 1.54) is 15.9 Å². The lowest BCUT2D eigenvalue weighted by Crippen LogP contribution is -2.42. The monoisotopic (exact) mass is 279 g/mol. The van der Waals surface area contributed by atoms with E-state index in [1.54, 1.807) is 17.4 Å². The van der Waals surface area contributed by atoms with Crippen LogP contribution in [0.3, 0.4) is 0 Å². The quantitative estimate of drug-likeness (QED) is 0.864. The summed E-state index contributed by atoms with van der Waals surface area (Å²) in [7, 11) is 0. The van der Waals surface area contributed by atoms with E-state index in [9.17, 15) is 14.7 Å². The van der Waals surface area contributed by atoms with E-state index >= 15 is 0 Å². The number of carboxylic acids is 1. The van der Waals surface area contributed by atoms with Gasteiger partial charge in [0.05, 0.1) is 0 Å². The van der Waals surface area contributed by atoms with Crippen molar-refractivity contribution in [1.29, 1.82) is 0 Å². The number of likely N-dealkylation sites (tertiary alicyclic amines) is 1. The topological polar surface area (TPSA) is 57.6 Å². The van der Waals surface area contributed by atoms with Crippen molar-refractivity contribution in [3.8, 4) is 0 Å². The van der Waals surface area contributed by atoms with Crippen molar-refractivity contribution in [2.45, 2.75) is 26.3 Å². The van der Waals surface area contributed by atoms with Crippen LogP contribution in [0, 0.1) is 12.8 Å². The Morgan fingerprint density at radius 2 is 2.21 bits per heavy atom. The van der Waals surface area contributed by atoms with E-state index in [1.807, 2.05) is 26.0 Å². The van der Waals surface area contributed by atoms with Crippen molar-refractivity contribution < 1.29 is 14.7 Å². The van der Waals surface area contributed by atoms with Crippen LogP contribution in [-0.2, 0) is 9.59 Å². The predicted molar refractivity (Wildman–Crippen MR) is 75.0 cm³/mol. The molecule has 2 heterocycles. The summed E-state index contributed by atoms with van der Waals surface area (Å²) in [6, 6.07) is 3.25. The van der Waals surface area contributed by atoms with Gasteiger partial charge in [-0.15, -0.1) is 11.3 Å². The maximum absolute atomic E-state index is 12.1. The molecule has 1 fully saturated rings. The highest BCUT2D eigenvalue weighted by Crippen LogP contribution is 2.25. The van der Waals surface area contributed by atoms with E-state index in [4.69, 9.17) is 0 Å². The van der Waals surface area contributed by atoms with Gasteiger partial charge in [-0.05, 0) is 37.5 Å². The van der Waals surface area contributed by atoms with Crippen LogP contribution in [0.1, 0.15) is 23.1 Å². The van der Waals surface area contributed by atoms with E-state index in [0.29, 0.717) is 6.54 Å². The van der Waals surface area contributed by atoms with Gasteiger partial charge in [-0.2, -0.15) is 0 Å². The summed E-state index contributed by atoms with van der Waals surface area (Å²) in [6.07, 6.45) is 3.97. The Morgan fingerprint density at radius 3 is 2.79 bits per heavy atom. The highest BCUT2D eigenvalue weighted by Gasteiger charge is 2.38. The Hall–Kier alpha value is -1.62. The number of carbonyl (C=O) groups excluding carboxylic acids is 1. The SMILES string of the molecule is Cc1ccc(/C=C/C(=O)N2CCC(C)C2C(=O)O)s1. The summed E-state index contributed by atoms with van der Waals surface area (Å²) in [5, 5.41) is 9.18. The largest absolute Gasteiger partial charge is 0.480 e. The average Bonchev–Trinajstić information content (AvgIpc) is 2.92. The van der Waals surface area contributed by atoms with Crippen molar-refractivity contribution >= 4 is 29.3 Å². The lowest BCUT2D eigenvalue weighted by Gasteiger charge is -2.21. The predicted octanol–water partition coefficient (Wildman–Crippen LogP) is 2.39. The lowest BCUT2D eigenvalue weighted by atomic mass is 10.0. The standard InChI is InChI=1S/C14H17NO3S/c1-9-7-8-15(13(9)14(17)18)12(16)6-5-11-4-3-10(2)19-11/h3-6,9,13H,7-8H2,1-2H3,(H,17,18)/b6-5+. The number of hydrogen-bond acceptors (Lipinski definition) is 3. The number of amides is 1. The minimum absolute atomic E-state index is 0.0128. The van der Waals surface area contributed by atoms with Crippen molar-refractivity contribution in [1.82, 2.24) is 4.90 Å². The van der Waals surface area contributed by atoms with Gasteiger partial charge in [0.1, 0.15) is 6.04 Å². The summed E-state index contributed by atoms with van der Waals surface area (Å²) >= 11 is 1.61. The zero-order valence-corrected chi connectivity index (χ0v) is 11.8. The number of carbonyl (C=O) groups is 2. The molecule has 1 aromatic heterocycles. The third kappa shape index (κ3) is 3.04. The minimum Gasteiger partial charge on any atom is -0.480 e. The van der Waals surface area contributed by atoms with Gasteiger partial charge >= 0.3 is 5.97 Å². The Bertz CT molecular complexity index is 521. The fourth-order valence-corrected chi connectivity index (χ4v) is 3.14. The van der Waals surface area contributed by atoms with Crippen LogP contribution in [0.25, 0.3) is 6.08 Å². The van der Waals surface area contributed by atoms with Gasteiger partial charge in [0.15, 0.2) is 0 Å². The van der Waals surface area contributed by atoms with E-state index in [0.717, 1.165) is 11.3 Å². The van der Waals surface area contributed by atoms with E-state index < -0.39 is 12.0 Å². The molecule has 19 heavy (non-hydrogen) atoms. The van der Waals surface area contributed by atoms with Gasteiger partial charge in [-0.25, -0.2) is 4.79 Å². The van der Waals surface area contributed by atoms with Crippen molar-refractivity contribution in [2.24, 2.45) is 5.92 Å². The molecule has 2 rings (SSSR count). The Morgan fingerprint density at radius 1 is 1.47 bits per heavy atom. The number of rotatable bonds is 3. The number of thiophene rings is 1. The van der Waals surface area contributed by atoms with E-state index in [-0.39, 0.29) is 11.8 Å². The molecule has 0 radical (unpaired) electrons. The van der Waals surface area contributed by atoms with E-state index in [2.05, 4.69) is 0 Å². The number of carboxylic acid groups (broad SMARTS) is 1. The Balaban J connectivity index is 2.07. The molecule has 1 saturated heterocycles. The molecule has 0 spiro atoms. The molecule has 0 saturated carbocycles. The molecular formula is C14H17NO3S. The summed E-state index contributed by atoms with van der Waals surface area (Å²) < 4.78 is 0. The first-order valence-corrected chi connectivity index (χ1v) is 7.08. The van der Waals surface area contributed by atoms with Crippen LogP contribution < -0.4 is 0 Å². The number of aliphatic carboxylic acids is 1. The summed E-state index contributed by atoms with van der Waals surface area (Å²) in [5.41, 5.74) is 0. The lowest BCUT2D eigenvalue weighted by molar-refractivity contribution is -0.147. The summed E-state index contributed by atoms with van der Waals surface area (Å²) in [5.74, 6) is -1.12. The maximum Gasteiger partial charge on any atom is 0.326 e. The second-order valence-corrected chi connectivity index (χ2v) is 6.18. The molecular weight excluding hydrogens is 262 g/mol. The van der Waals surface area contributed by atoms with Crippen LogP contribution in [-0.4, -0.2) is 34.5 Å². The second kappa shape index (κ2) is 5.57. The van der Waals surface area contributed by atoms with Crippen LogP contribution in [0.15, 0.2) is 18.2 Å². The van der Waals surface area contributed by atoms with Gasteiger partial charge in [0.2, 0.25) is 5.91 Å². The molecule has 1 amide bonds. The second-order valence-electron chi connectivity index (χ2n) is 4.86. The van der Waals surface area contributed by atoms with Gasteiger partial charge in [0.25, 0.3) is 0 Å². The van der Waals surface area contributed by atoms with Crippen molar-refractivity contribution in [3.05, 3.63) is 28.0 Å². The maximum atomic E-state index is 12.1. The first kappa shape index (κ1) is 13.8. The fraction of sp³-hybridized carbons (Fsp3) is 0.429. The highest BCUT2D eigenvalue weighted by molar-refractivity contribution is 7.12. The Labute approximate surface area is 116 Å². The summed E-state index contributed by atoms with van der Waals surface area (Å²) in [6.45, 7) is 4.40. The third-order valence-corrected chi connectivity index (χ3v) is 4.35. The third-order valence-electron chi connectivity index (χ3n) is 3.39. The highest BCUT2D eigenvalue weighted by atomic mass is 32.1. The zero-order valence-electron chi connectivity index (χ0n) is 11.0. The molecule has 2 unspecified atom stereocenters. The average molecular weight is 279 g/mol. The zero-order chi connectivity index (χ0) is 14.0. The molecule has 4 nitrogen and oxygen atoms in total. The Kier molecular flexibility index (Phi) is 4.04. The van der Waals surface area contributed by atoms with Crippen LogP contribution in [0.4, 0.5) is 0 Å². The molecule has 0 bridgehead atoms. The smallest absolute Gasteiger partial charge is 0.326 e. The van der Waals surface area contributed by atoms with Crippen LogP contribution >= 0.6 is 11.3 Å². The molecule has 1 aliphatic heterocycles.